The van der Waals surface area contributed by atoms with Crippen molar-refractivity contribution in [3.8, 4) is 5.75 Å². The van der Waals surface area contributed by atoms with Crippen molar-refractivity contribution in [2.75, 3.05) is 0 Å². The first-order valence-corrected chi connectivity index (χ1v) is 7.42. The number of hydrogen-bond donors (Lipinski definition) is 0. The maximum Gasteiger partial charge on any atom is 0.170 e. The van der Waals surface area contributed by atoms with Gasteiger partial charge in [-0.2, -0.15) is 0 Å². The highest BCUT2D eigenvalue weighted by molar-refractivity contribution is 9.10. The SMILES string of the molecule is O=C1CC(c2cc(Br)cs2)Oc2ccc(Cl)cc21. The van der Waals surface area contributed by atoms with Gasteiger partial charge in [-0.3, -0.25) is 4.79 Å². The Morgan fingerprint density at radius 1 is 1.39 bits per heavy atom. The van der Waals surface area contributed by atoms with E-state index in [1.54, 1.807) is 29.5 Å². The molecule has 1 atom stereocenters. The Labute approximate surface area is 122 Å². The summed E-state index contributed by atoms with van der Waals surface area (Å²) in [5, 5.41) is 2.55. The van der Waals surface area contributed by atoms with Gasteiger partial charge in [-0.1, -0.05) is 11.6 Å². The van der Waals surface area contributed by atoms with E-state index in [1.165, 1.54) is 0 Å². The van der Waals surface area contributed by atoms with Crippen LogP contribution in [0.5, 0.6) is 5.75 Å². The Bertz CT molecular complexity index is 623. The number of rotatable bonds is 1. The smallest absolute Gasteiger partial charge is 0.170 e. The van der Waals surface area contributed by atoms with Crippen LogP contribution in [-0.2, 0) is 0 Å². The number of carbonyl (C=O) groups excluding carboxylic acids is 1. The number of Topliss-reactive ketones (excluding diaryl/α,β-unsaturated/α-hetero) is 1. The molecule has 0 amide bonds. The van der Waals surface area contributed by atoms with Gasteiger partial charge in [-0.15, -0.1) is 11.3 Å². The van der Waals surface area contributed by atoms with Gasteiger partial charge in [0.25, 0.3) is 0 Å². The molecule has 2 heterocycles. The fourth-order valence-corrected chi connectivity index (χ4v) is 3.60. The van der Waals surface area contributed by atoms with Crippen molar-refractivity contribution in [3.05, 3.63) is 49.6 Å². The van der Waals surface area contributed by atoms with E-state index in [9.17, 15) is 4.79 Å². The Hall–Kier alpha value is -0.840. The second kappa shape index (κ2) is 4.68. The van der Waals surface area contributed by atoms with Crippen LogP contribution in [0.15, 0.2) is 34.1 Å². The maximum atomic E-state index is 12.1. The summed E-state index contributed by atoms with van der Waals surface area (Å²) in [6.07, 6.45) is 0.169. The summed E-state index contributed by atoms with van der Waals surface area (Å²) in [7, 11) is 0. The highest BCUT2D eigenvalue weighted by atomic mass is 79.9. The molecule has 1 aromatic carbocycles. The summed E-state index contributed by atoms with van der Waals surface area (Å²) in [6, 6.07) is 7.15. The third kappa shape index (κ3) is 2.20. The van der Waals surface area contributed by atoms with Gasteiger partial charge in [0.05, 0.1) is 12.0 Å². The van der Waals surface area contributed by atoms with Crippen molar-refractivity contribution in [2.24, 2.45) is 0 Å². The van der Waals surface area contributed by atoms with Crippen LogP contribution >= 0.6 is 38.9 Å². The molecule has 0 saturated carbocycles. The van der Waals surface area contributed by atoms with E-state index >= 15 is 0 Å². The van der Waals surface area contributed by atoms with Crippen LogP contribution in [0.25, 0.3) is 0 Å². The molecule has 0 bridgehead atoms. The molecule has 2 nitrogen and oxygen atoms in total. The van der Waals surface area contributed by atoms with Crippen LogP contribution in [0, 0.1) is 0 Å². The topological polar surface area (TPSA) is 26.3 Å². The van der Waals surface area contributed by atoms with Gasteiger partial charge in [-0.05, 0) is 40.2 Å². The highest BCUT2D eigenvalue weighted by Crippen LogP contribution is 2.38. The van der Waals surface area contributed by atoms with Crippen molar-refractivity contribution in [2.45, 2.75) is 12.5 Å². The number of ether oxygens (including phenoxy) is 1. The molecular formula is C13H8BrClO2S. The molecule has 3 rings (SSSR count). The molecule has 0 aliphatic carbocycles. The van der Waals surface area contributed by atoms with Crippen molar-refractivity contribution < 1.29 is 9.53 Å². The molecule has 2 aromatic rings. The highest BCUT2D eigenvalue weighted by Gasteiger charge is 2.28. The predicted octanol–water partition coefficient (Wildman–Crippen LogP) is 4.87. The summed E-state index contributed by atoms with van der Waals surface area (Å²) in [6.45, 7) is 0. The first kappa shape index (κ1) is 12.2. The first-order valence-electron chi connectivity index (χ1n) is 5.37. The fraction of sp³-hybridized carbons (Fsp3) is 0.154. The lowest BCUT2D eigenvalue weighted by Crippen LogP contribution is -2.19. The van der Waals surface area contributed by atoms with E-state index in [-0.39, 0.29) is 11.9 Å². The third-order valence-corrected chi connectivity index (χ3v) is 4.81. The third-order valence-electron chi connectivity index (χ3n) is 2.79. The average molecular weight is 344 g/mol. The molecule has 0 saturated heterocycles. The number of thiophene rings is 1. The van der Waals surface area contributed by atoms with Crippen LogP contribution in [0.2, 0.25) is 5.02 Å². The molecule has 0 fully saturated rings. The minimum atomic E-state index is -0.192. The Kier molecular flexibility index (Phi) is 3.18. The van der Waals surface area contributed by atoms with Crippen LogP contribution in [0.4, 0.5) is 0 Å². The largest absolute Gasteiger partial charge is 0.484 e. The van der Waals surface area contributed by atoms with Crippen molar-refractivity contribution in [3.63, 3.8) is 0 Å². The van der Waals surface area contributed by atoms with Gasteiger partial charge in [0.1, 0.15) is 11.9 Å². The lowest BCUT2D eigenvalue weighted by molar-refractivity contribution is 0.0854. The number of halogens is 2. The van der Waals surface area contributed by atoms with Crippen molar-refractivity contribution >= 4 is 44.7 Å². The summed E-state index contributed by atoms with van der Waals surface area (Å²) >= 11 is 10.9. The molecule has 1 aliphatic rings. The van der Waals surface area contributed by atoms with E-state index in [4.69, 9.17) is 16.3 Å². The van der Waals surface area contributed by atoms with E-state index in [0.717, 1.165) is 9.35 Å². The molecule has 0 N–H and O–H groups in total. The summed E-state index contributed by atoms with van der Waals surface area (Å²) in [5.41, 5.74) is 0.578. The minimum Gasteiger partial charge on any atom is -0.484 e. The number of hydrogen-bond acceptors (Lipinski definition) is 3. The standard InChI is InChI=1S/C13H8BrClO2S/c14-7-3-13(18-6-7)12-5-10(16)9-4-8(15)1-2-11(9)17-12/h1-4,6,12H,5H2. The van der Waals surface area contributed by atoms with Crippen LogP contribution < -0.4 is 4.74 Å². The molecule has 18 heavy (non-hydrogen) atoms. The van der Waals surface area contributed by atoms with E-state index in [2.05, 4.69) is 15.9 Å². The van der Waals surface area contributed by atoms with E-state index in [0.29, 0.717) is 22.8 Å². The maximum absolute atomic E-state index is 12.1. The number of benzene rings is 1. The monoisotopic (exact) mass is 342 g/mol. The molecule has 0 spiro atoms. The minimum absolute atomic E-state index is 0.0771. The molecule has 1 aliphatic heterocycles. The van der Waals surface area contributed by atoms with Crippen LogP contribution in [0.3, 0.4) is 0 Å². The molecule has 0 radical (unpaired) electrons. The van der Waals surface area contributed by atoms with Gasteiger partial charge >= 0.3 is 0 Å². The zero-order chi connectivity index (χ0) is 12.7. The Balaban J connectivity index is 1.96. The zero-order valence-electron chi connectivity index (χ0n) is 9.15. The summed E-state index contributed by atoms with van der Waals surface area (Å²) in [5.74, 6) is 0.693. The lowest BCUT2D eigenvalue weighted by Gasteiger charge is -2.24. The average Bonchev–Trinajstić information content (AvgIpc) is 2.77. The molecule has 1 aromatic heterocycles. The van der Waals surface area contributed by atoms with Gasteiger partial charge in [-0.25, -0.2) is 0 Å². The number of carbonyl (C=O) groups is 1. The number of ketones is 1. The lowest BCUT2D eigenvalue weighted by atomic mass is 10.00. The van der Waals surface area contributed by atoms with Crippen molar-refractivity contribution in [1.82, 2.24) is 0 Å². The molecule has 92 valence electrons. The van der Waals surface area contributed by atoms with Gasteiger partial charge in [0, 0.05) is 19.8 Å². The van der Waals surface area contributed by atoms with Crippen LogP contribution in [-0.4, -0.2) is 5.78 Å². The van der Waals surface area contributed by atoms with Gasteiger partial charge in [0.15, 0.2) is 5.78 Å². The second-order valence-corrected chi connectivity index (χ2v) is 6.34. The van der Waals surface area contributed by atoms with Gasteiger partial charge < -0.3 is 4.74 Å². The van der Waals surface area contributed by atoms with E-state index < -0.39 is 0 Å². The molecule has 5 heteroatoms. The first-order chi connectivity index (χ1) is 8.63. The van der Waals surface area contributed by atoms with Gasteiger partial charge in [0.2, 0.25) is 0 Å². The normalized spacial score (nSPS) is 18.3. The number of fused-ring (bicyclic) bond motifs is 1. The molecular weight excluding hydrogens is 336 g/mol. The molecule has 1 unspecified atom stereocenters. The summed E-state index contributed by atoms with van der Waals surface area (Å²) < 4.78 is 6.88. The quantitative estimate of drug-likeness (QED) is 0.738. The van der Waals surface area contributed by atoms with Crippen molar-refractivity contribution in [1.29, 1.82) is 0 Å². The second-order valence-electron chi connectivity index (χ2n) is 4.04. The Morgan fingerprint density at radius 2 is 2.22 bits per heavy atom. The predicted molar refractivity (Wildman–Crippen MR) is 75.8 cm³/mol. The van der Waals surface area contributed by atoms with E-state index in [1.807, 2.05) is 11.4 Å². The summed E-state index contributed by atoms with van der Waals surface area (Å²) in [4.78, 5) is 13.1. The Morgan fingerprint density at radius 3 is 2.94 bits per heavy atom. The fourth-order valence-electron chi connectivity index (χ4n) is 1.95. The zero-order valence-corrected chi connectivity index (χ0v) is 12.3. The van der Waals surface area contributed by atoms with Crippen LogP contribution in [0.1, 0.15) is 27.8 Å².